The van der Waals surface area contributed by atoms with Gasteiger partial charge >= 0.3 is 6.16 Å². The quantitative estimate of drug-likeness (QED) is 0.437. The van der Waals surface area contributed by atoms with Crippen LogP contribution in [0.25, 0.3) is 0 Å². The molecule has 0 bridgehead atoms. The number of likely N-dealkylation sites (tertiary alicyclic amines) is 1. The lowest BCUT2D eigenvalue weighted by Gasteiger charge is -2.46. The second-order valence-corrected chi connectivity index (χ2v) is 9.61. The Balaban J connectivity index is 1.50. The first kappa shape index (κ1) is 22.4. The van der Waals surface area contributed by atoms with Crippen molar-refractivity contribution in [3.8, 4) is 5.75 Å². The Morgan fingerprint density at radius 2 is 2.03 bits per heavy atom. The van der Waals surface area contributed by atoms with E-state index in [1.165, 1.54) is 0 Å². The van der Waals surface area contributed by atoms with E-state index in [4.69, 9.17) is 21.7 Å². The highest BCUT2D eigenvalue weighted by Crippen LogP contribution is 2.54. The second-order valence-electron chi connectivity index (χ2n) is 8.03. The van der Waals surface area contributed by atoms with E-state index in [9.17, 15) is 15.0 Å². The first-order valence-corrected chi connectivity index (χ1v) is 12.0. The first-order valence-electron chi connectivity index (χ1n) is 10.7. The summed E-state index contributed by atoms with van der Waals surface area (Å²) in [5, 5.41) is 19.6. The van der Waals surface area contributed by atoms with Crippen molar-refractivity contribution >= 4 is 35.1 Å². The number of aliphatic hydroxyl groups excluding tert-OH is 1. The van der Waals surface area contributed by atoms with Gasteiger partial charge < -0.3 is 19.7 Å². The van der Waals surface area contributed by atoms with Gasteiger partial charge in [0.2, 0.25) is 5.88 Å². The number of thiocarbonyl (C=S) groups is 1. The summed E-state index contributed by atoms with van der Waals surface area (Å²) in [4.78, 5) is 16.9. The fourth-order valence-electron chi connectivity index (χ4n) is 4.52. The van der Waals surface area contributed by atoms with Crippen molar-refractivity contribution in [3.05, 3.63) is 41.1 Å². The van der Waals surface area contributed by atoms with Crippen molar-refractivity contribution in [1.82, 2.24) is 9.80 Å². The molecule has 3 aliphatic heterocycles. The van der Waals surface area contributed by atoms with Crippen molar-refractivity contribution in [2.24, 2.45) is 11.8 Å². The summed E-state index contributed by atoms with van der Waals surface area (Å²) in [6.07, 6.45) is 0.413. The molecule has 7 nitrogen and oxygen atoms in total. The van der Waals surface area contributed by atoms with E-state index in [-0.39, 0.29) is 23.4 Å². The molecule has 2 N–H and O–H groups in total. The van der Waals surface area contributed by atoms with Gasteiger partial charge in [-0.2, -0.15) is 0 Å². The highest BCUT2D eigenvalue weighted by atomic mass is 32.2. The maximum absolute atomic E-state index is 11.4. The van der Waals surface area contributed by atoms with Crippen LogP contribution in [0.15, 0.2) is 41.1 Å². The number of thioether (sulfide) groups is 1. The summed E-state index contributed by atoms with van der Waals surface area (Å²) in [7, 11) is 0. The van der Waals surface area contributed by atoms with Crippen LogP contribution in [0, 0.1) is 11.8 Å². The van der Waals surface area contributed by atoms with E-state index in [1.54, 1.807) is 16.7 Å². The topological polar surface area (TPSA) is 82.5 Å². The zero-order valence-corrected chi connectivity index (χ0v) is 19.3. The molecule has 2 fully saturated rings. The van der Waals surface area contributed by atoms with E-state index in [2.05, 4.69) is 11.8 Å². The van der Waals surface area contributed by atoms with Crippen LogP contribution >= 0.6 is 24.0 Å². The van der Waals surface area contributed by atoms with Crippen LogP contribution in [0.3, 0.4) is 0 Å². The third kappa shape index (κ3) is 4.28. The number of carbonyl (C=O) groups is 1. The van der Waals surface area contributed by atoms with Crippen molar-refractivity contribution in [3.63, 3.8) is 0 Å². The van der Waals surface area contributed by atoms with Crippen molar-refractivity contribution in [1.29, 1.82) is 0 Å². The molecule has 2 saturated heterocycles. The summed E-state index contributed by atoms with van der Waals surface area (Å²) < 4.78 is 11.4. The molecule has 0 amide bonds. The Labute approximate surface area is 192 Å². The average Bonchev–Trinajstić information content (AvgIpc) is 3.35. The normalized spacial score (nSPS) is 27.6. The minimum Gasteiger partial charge on any atom is -0.475 e. The van der Waals surface area contributed by atoms with Crippen LogP contribution in [0.5, 0.6) is 5.75 Å². The maximum Gasteiger partial charge on any atom is 0.512 e. The predicted molar refractivity (Wildman–Crippen MR) is 123 cm³/mol. The third-order valence-corrected chi connectivity index (χ3v) is 8.12. The van der Waals surface area contributed by atoms with Gasteiger partial charge in [0, 0.05) is 19.0 Å². The maximum atomic E-state index is 11.4. The molecule has 5 atom stereocenters. The number of fused-ring (bicyclic) bond motifs is 1. The summed E-state index contributed by atoms with van der Waals surface area (Å²) in [5.74, 6) is 1.15. The lowest BCUT2D eigenvalue weighted by atomic mass is 9.91. The van der Waals surface area contributed by atoms with Crippen LogP contribution in [0.1, 0.15) is 33.1 Å². The molecule has 0 aromatic heterocycles. The molecular weight excluding hydrogens is 436 g/mol. The average molecular weight is 465 g/mol. The van der Waals surface area contributed by atoms with E-state index in [0.717, 1.165) is 36.6 Å². The van der Waals surface area contributed by atoms with Crippen molar-refractivity contribution < 1.29 is 24.5 Å². The summed E-state index contributed by atoms with van der Waals surface area (Å²) in [6, 6.07) is 9.78. The fraction of sp³-hybridized carbons (Fsp3) is 0.545. The number of carboxylic acid groups (broad SMARTS) is 1. The molecule has 0 aliphatic carbocycles. The van der Waals surface area contributed by atoms with Gasteiger partial charge in [0.1, 0.15) is 5.75 Å². The number of para-hydroxylation sites is 1. The highest BCUT2D eigenvalue weighted by Gasteiger charge is 2.56. The number of nitrogens with zero attached hydrogens (tertiary/aromatic N) is 2. The van der Waals surface area contributed by atoms with Crippen LogP contribution < -0.4 is 4.74 Å². The molecule has 1 aromatic carbocycles. The van der Waals surface area contributed by atoms with Gasteiger partial charge in [0.05, 0.1) is 27.3 Å². The van der Waals surface area contributed by atoms with E-state index < -0.39 is 12.3 Å². The lowest BCUT2D eigenvalue weighted by molar-refractivity contribution is 0.0379. The summed E-state index contributed by atoms with van der Waals surface area (Å²) in [6.45, 7) is 5.64. The van der Waals surface area contributed by atoms with Gasteiger partial charge in [-0.25, -0.2) is 4.79 Å². The fourth-order valence-corrected chi connectivity index (χ4v) is 6.82. The SMILES string of the molecule is CCC(Oc1ccccc1)N1CCC(C2=C(OC(=O)O)N3C(=S)[C@H]([C@@H](O)CC)[C@H]3S2)C1. The van der Waals surface area contributed by atoms with Gasteiger partial charge in [0.25, 0.3) is 0 Å². The Morgan fingerprint density at radius 1 is 1.29 bits per heavy atom. The lowest BCUT2D eigenvalue weighted by Crippen LogP contribution is -2.59. The Kier molecular flexibility index (Phi) is 6.76. The van der Waals surface area contributed by atoms with Crippen LogP contribution in [-0.4, -0.2) is 62.0 Å². The molecule has 3 aliphatic rings. The number of ether oxygens (including phenoxy) is 2. The molecule has 4 rings (SSSR count). The molecule has 0 radical (unpaired) electrons. The molecule has 0 saturated carbocycles. The molecule has 2 unspecified atom stereocenters. The van der Waals surface area contributed by atoms with Gasteiger partial charge in [-0.15, -0.1) is 0 Å². The molecule has 168 valence electrons. The number of benzene rings is 1. The second kappa shape index (κ2) is 9.36. The minimum atomic E-state index is -1.34. The van der Waals surface area contributed by atoms with Crippen LogP contribution in [-0.2, 0) is 4.74 Å². The van der Waals surface area contributed by atoms with Crippen molar-refractivity contribution in [2.75, 3.05) is 13.1 Å². The van der Waals surface area contributed by atoms with E-state index in [1.807, 2.05) is 37.3 Å². The zero-order valence-electron chi connectivity index (χ0n) is 17.6. The molecule has 0 spiro atoms. The summed E-state index contributed by atoms with van der Waals surface area (Å²) in [5.41, 5.74) is 0. The first-order chi connectivity index (χ1) is 14.9. The number of hydrogen-bond donors (Lipinski definition) is 2. The number of hydrogen-bond acceptors (Lipinski definition) is 7. The molecule has 1 aromatic rings. The van der Waals surface area contributed by atoms with E-state index >= 15 is 0 Å². The van der Waals surface area contributed by atoms with E-state index in [0.29, 0.717) is 17.3 Å². The Hall–Kier alpha value is -1.81. The van der Waals surface area contributed by atoms with Gasteiger partial charge in [-0.05, 0) is 31.4 Å². The minimum absolute atomic E-state index is 0.0454. The van der Waals surface area contributed by atoms with Crippen molar-refractivity contribution in [2.45, 2.75) is 50.8 Å². The Bertz CT molecular complexity index is 865. The molecular formula is C22H28N2O5S2. The largest absolute Gasteiger partial charge is 0.512 e. The number of aliphatic hydroxyl groups is 1. The molecule has 9 heteroatoms. The zero-order chi connectivity index (χ0) is 22.1. The monoisotopic (exact) mass is 464 g/mol. The van der Waals surface area contributed by atoms with Gasteiger partial charge in [-0.3, -0.25) is 9.80 Å². The Morgan fingerprint density at radius 3 is 2.68 bits per heavy atom. The molecule has 31 heavy (non-hydrogen) atoms. The van der Waals surface area contributed by atoms with Gasteiger partial charge in [0.15, 0.2) is 6.23 Å². The standard InChI is InChI=1S/C22H28N2O5S2/c1-3-15(25)17-20(30)24-19(29-22(26)27)18(31-21(17)24)13-10-11-23(12-13)16(4-2)28-14-8-6-5-7-9-14/h5-9,13,15-17,21,25H,3-4,10-12H2,1-2H3,(H,26,27)/t13?,15-,16?,17-,21+/m0/s1. The van der Waals surface area contributed by atoms with Gasteiger partial charge in [-0.1, -0.05) is 56.0 Å². The number of rotatable bonds is 8. The smallest absolute Gasteiger partial charge is 0.475 e. The van der Waals surface area contributed by atoms with Crippen LogP contribution in [0.2, 0.25) is 0 Å². The third-order valence-electron chi connectivity index (χ3n) is 6.14. The molecule has 3 heterocycles. The summed E-state index contributed by atoms with van der Waals surface area (Å²) >= 11 is 7.11. The predicted octanol–water partition coefficient (Wildman–Crippen LogP) is 4.09. The van der Waals surface area contributed by atoms with Crippen LogP contribution in [0.4, 0.5) is 4.79 Å². The highest BCUT2D eigenvalue weighted by molar-refractivity contribution is 8.04.